The largest absolute Gasteiger partial charge is 0.532 e. The van der Waals surface area contributed by atoms with Crippen LogP contribution >= 0.6 is 0 Å². The molecule has 0 spiro atoms. The van der Waals surface area contributed by atoms with Crippen LogP contribution in [0, 0.1) is 0 Å². The van der Waals surface area contributed by atoms with Gasteiger partial charge in [-0.1, -0.05) is 41.5 Å². The van der Waals surface area contributed by atoms with Gasteiger partial charge in [0.1, 0.15) is 5.54 Å². The number of rotatable bonds is 2. The molecule has 134 valence electrons. The zero-order valence-electron chi connectivity index (χ0n) is 17.2. The summed E-state index contributed by atoms with van der Waals surface area (Å²) in [7, 11) is -3.87. The number of nitrogens with zero attached hydrogens (tertiary/aromatic N) is 2. The van der Waals surface area contributed by atoms with Crippen molar-refractivity contribution in [2.24, 2.45) is 9.98 Å². The lowest BCUT2D eigenvalue weighted by Gasteiger charge is -2.38. The van der Waals surface area contributed by atoms with Crippen LogP contribution in [-0.2, 0) is 8.85 Å². The van der Waals surface area contributed by atoms with Gasteiger partial charge in [-0.2, -0.15) is 4.99 Å². The third-order valence-corrected chi connectivity index (χ3v) is 14.0. The van der Waals surface area contributed by atoms with Gasteiger partial charge in [-0.25, -0.2) is 4.99 Å². The molecule has 23 heavy (non-hydrogen) atoms. The van der Waals surface area contributed by atoms with Gasteiger partial charge in [-0.15, -0.1) is 0 Å². The van der Waals surface area contributed by atoms with Crippen LogP contribution in [0.5, 0.6) is 0 Å². The number of hydrogen-bond donors (Lipinski definition) is 0. The summed E-state index contributed by atoms with van der Waals surface area (Å²) in [5.74, 6) is 0.706. The van der Waals surface area contributed by atoms with Crippen molar-refractivity contribution >= 4 is 28.6 Å². The minimum atomic E-state index is -1.94. The number of amidine groups is 1. The Kier molecular flexibility index (Phi) is 5.08. The van der Waals surface area contributed by atoms with Gasteiger partial charge in [-0.05, 0) is 50.1 Å². The van der Waals surface area contributed by atoms with Crippen LogP contribution in [0.4, 0.5) is 0 Å². The second-order valence-corrected chi connectivity index (χ2v) is 19.5. The molecule has 0 fully saturated rings. The quantitative estimate of drug-likeness (QED) is 0.606. The number of hydrogen-bond acceptors (Lipinski definition) is 4. The number of aliphatic imine (C=N–C) groups is 2. The van der Waals surface area contributed by atoms with Gasteiger partial charge in [0.05, 0.1) is 0 Å². The van der Waals surface area contributed by atoms with E-state index >= 15 is 0 Å². The van der Waals surface area contributed by atoms with Gasteiger partial charge in [0.15, 0.2) is 0 Å². The smallest absolute Gasteiger partial charge is 0.301 e. The van der Waals surface area contributed by atoms with Gasteiger partial charge in [0, 0.05) is 0 Å². The fourth-order valence-electron chi connectivity index (χ4n) is 1.51. The van der Waals surface area contributed by atoms with Crippen LogP contribution in [0.25, 0.3) is 0 Å². The Morgan fingerprint density at radius 3 is 1.57 bits per heavy atom. The van der Waals surface area contributed by atoms with Crippen LogP contribution in [0.2, 0.25) is 36.3 Å². The molecule has 1 aliphatic rings. The summed E-state index contributed by atoms with van der Waals surface area (Å²) < 4.78 is 12.7. The highest BCUT2D eigenvalue weighted by Crippen LogP contribution is 2.40. The average molecular weight is 357 g/mol. The second-order valence-electron chi connectivity index (χ2n) is 10.1. The summed E-state index contributed by atoms with van der Waals surface area (Å²) in [6.07, 6.45) is 0. The van der Waals surface area contributed by atoms with Crippen molar-refractivity contribution in [2.45, 2.75) is 97.2 Å². The molecule has 0 saturated heterocycles. The first-order chi connectivity index (χ1) is 9.89. The van der Waals surface area contributed by atoms with Gasteiger partial charge in [0.2, 0.25) is 5.90 Å². The van der Waals surface area contributed by atoms with E-state index in [2.05, 4.69) is 77.7 Å². The van der Waals surface area contributed by atoms with Crippen molar-refractivity contribution in [2.75, 3.05) is 0 Å². The zero-order valence-corrected chi connectivity index (χ0v) is 19.2. The summed E-state index contributed by atoms with van der Waals surface area (Å²) in [6, 6.07) is 0.496. The maximum atomic E-state index is 6.42. The van der Waals surface area contributed by atoms with E-state index in [-0.39, 0.29) is 10.1 Å². The molecule has 0 N–H and O–H groups in total. The van der Waals surface area contributed by atoms with Crippen molar-refractivity contribution in [1.82, 2.24) is 0 Å². The van der Waals surface area contributed by atoms with Gasteiger partial charge in [0.25, 0.3) is 16.6 Å². The lowest BCUT2D eigenvalue weighted by Crippen LogP contribution is -2.46. The van der Waals surface area contributed by atoms with Crippen molar-refractivity contribution in [3.8, 4) is 0 Å². The monoisotopic (exact) mass is 356 g/mol. The summed E-state index contributed by atoms with van der Waals surface area (Å²) >= 11 is 0. The molecule has 0 aromatic carbocycles. The lowest BCUT2D eigenvalue weighted by atomic mass is 10.1. The van der Waals surface area contributed by atoms with Crippen LogP contribution in [0.15, 0.2) is 9.98 Å². The minimum absolute atomic E-state index is 0.123. The highest BCUT2D eigenvalue weighted by Gasteiger charge is 2.46. The Morgan fingerprint density at radius 1 is 0.783 bits per heavy atom. The third-order valence-electron chi connectivity index (χ3n) is 5.41. The molecule has 0 unspecified atom stereocenters. The fourth-order valence-corrected chi connectivity index (χ4v) is 3.44. The first-order valence-electron chi connectivity index (χ1n) is 8.46. The fraction of sp³-hybridized carbons (Fsp3) is 0.882. The summed E-state index contributed by atoms with van der Waals surface area (Å²) in [5, 5.41) is 0.257. The normalized spacial score (nSPS) is 19.3. The van der Waals surface area contributed by atoms with Crippen molar-refractivity contribution < 1.29 is 8.85 Å². The average Bonchev–Trinajstić information content (AvgIpc) is 2.47. The SMILES string of the molecule is CC1(C)N=C(O[Si](C)(C)C(C)(C)C)N=C1O[Si](C)(C)C(C)(C)C. The first-order valence-corrected chi connectivity index (χ1v) is 14.3. The van der Waals surface area contributed by atoms with Crippen LogP contribution < -0.4 is 0 Å². The van der Waals surface area contributed by atoms with E-state index in [0.29, 0.717) is 11.9 Å². The molecule has 6 heteroatoms. The Hall–Kier alpha value is -0.626. The molecule has 1 heterocycles. The molecule has 0 bridgehead atoms. The van der Waals surface area contributed by atoms with Gasteiger partial charge >= 0.3 is 6.02 Å². The molecule has 0 aromatic heterocycles. The predicted octanol–water partition coefficient (Wildman–Crippen LogP) is 5.58. The molecule has 4 nitrogen and oxygen atoms in total. The van der Waals surface area contributed by atoms with Crippen LogP contribution in [-0.4, -0.2) is 34.1 Å². The molecule has 0 aromatic rings. The molecular formula is C17H36N2O2Si2. The summed E-state index contributed by atoms with van der Waals surface area (Å²) in [6.45, 7) is 26.3. The predicted molar refractivity (Wildman–Crippen MR) is 106 cm³/mol. The molecule has 0 radical (unpaired) electrons. The molecule has 0 atom stereocenters. The molecular weight excluding hydrogens is 320 g/mol. The standard InChI is InChI=1S/C17H36N2O2Si2/c1-15(2,3)22(9,10)20-13-17(7,8)19-14(18-13)21-23(11,12)16(4,5)6/h1-12H3. The lowest BCUT2D eigenvalue weighted by molar-refractivity contribution is 0.444. The third kappa shape index (κ3) is 4.47. The Balaban J connectivity index is 3.03. The molecule has 0 aliphatic carbocycles. The highest BCUT2D eigenvalue weighted by atomic mass is 28.4. The molecule has 1 rings (SSSR count). The molecule has 1 aliphatic heterocycles. The minimum Gasteiger partial charge on any atom is -0.532 e. The van der Waals surface area contributed by atoms with E-state index in [1.807, 2.05) is 13.8 Å². The second kappa shape index (κ2) is 5.72. The van der Waals surface area contributed by atoms with Crippen molar-refractivity contribution in [1.29, 1.82) is 0 Å². The van der Waals surface area contributed by atoms with Crippen LogP contribution in [0.1, 0.15) is 55.4 Å². The van der Waals surface area contributed by atoms with E-state index in [1.165, 1.54) is 0 Å². The van der Waals surface area contributed by atoms with Crippen LogP contribution in [0.3, 0.4) is 0 Å². The maximum absolute atomic E-state index is 6.42. The van der Waals surface area contributed by atoms with E-state index in [9.17, 15) is 0 Å². The van der Waals surface area contributed by atoms with Gasteiger partial charge in [-0.3, -0.25) is 0 Å². The van der Waals surface area contributed by atoms with E-state index in [0.717, 1.165) is 0 Å². The van der Waals surface area contributed by atoms with E-state index in [1.54, 1.807) is 0 Å². The topological polar surface area (TPSA) is 43.2 Å². The van der Waals surface area contributed by atoms with Crippen molar-refractivity contribution in [3.63, 3.8) is 0 Å². The molecule has 0 saturated carbocycles. The Labute approximate surface area is 145 Å². The van der Waals surface area contributed by atoms with E-state index in [4.69, 9.17) is 8.85 Å². The first kappa shape index (κ1) is 20.4. The van der Waals surface area contributed by atoms with E-state index < -0.39 is 22.2 Å². The molecule has 0 amide bonds. The summed E-state index contributed by atoms with van der Waals surface area (Å²) in [4.78, 5) is 9.32. The highest BCUT2D eigenvalue weighted by molar-refractivity contribution is 6.76. The Morgan fingerprint density at radius 2 is 1.17 bits per heavy atom. The Bertz CT molecular complexity index is 522. The maximum Gasteiger partial charge on any atom is 0.301 e. The zero-order chi connectivity index (χ0) is 18.5. The van der Waals surface area contributed by atoms with Gasteiger partial charge < -0.3 is 8.85 Å². The van der Waals surface area contributed by atoms with Crippen molar-refractivity contribution in [3.05, 3.63) is 0 Å². The summed E-state index contributed by atoms with van der Waals surface area (Å²) in [5.41, 5.74) is -0.451.